The molecule has 0 atom stereocenters. The van der Waals surface area contributed by atoms with Crippen molar-refractivity contribution in [3.05, 3.63) is 29.3 Å². The van der Waals surface area contributed by atoms with Crippen LogP contribution in [0, 0.1) is 12.3 Å². The molecule has 1 aliphatic heterocycles. The monoisotopic (exact) mass is 262 g/mol. The van der Waals surface area contributed by atoms with Crippen molar-refractivity contribution in [2.24, 2.45) is 5.41 Å². The second-order valence-electron chi connectivity index (χ2n) is 5.70. The predicted octanol–water partition coefficient (Wildman–Crippen LogP) is 2.12. The Morgan fingerprint density at radius 1 is 1.42 bits per heavy atom. The normalized spacial score (nSPS) is 18.0. The summed E-state index contributed by atoms with van der Waals surface area (Å²) in [6.45, 7) is 6.37. The SMILES string of the molecule is Cc1ccc(N)c(C(=O)NCC2(C)CCOCC2)c1. The van der Waals surface area contributed by atoms with Crippen molar-refractivity contribution in [3.8, 4) is 0 Å². The molecule has 1 aliphatic rings. The van der Waals surface area contributed by atoms with Gasteiger partial charge in [0.1, 0.15) is 0 Å². The van der Waals surface area contributed by atoms with Crippen molar-refractivity contribution in [1.29, 1.82) is 0 Å². The van der Waals surface area contributed by atoms with Gasteiger partial charge in [0.05, 0.1) is 5.56 Å². The molecule has 1 heterocycles. The lowest BCUT2D eigenvalue weighted by Crippen LogP contribution is -2.39. The molecule has 0 bridgehead atoms. The van der Waals surface area contributed by atoms with Crippen LogP contribution in [0.25, 0.3) is 0 Å². The number of amides is 1. The first kappa shape index (κ1) is 13.9. The maximum Gasteiger partial charge on any atom is 0.253 e. The largest absolute Gasteiger partial charge is 0.398 e. The number of benzene rings is 1. The van der Waals surface area contributed by atoms with Gasteiger partial charge in [-0.3, -0.25) is 4.79 Å². The van der Waals surface area contributed by atoms with E-state index < -0.39 is 0 Å². The number of nitrogens with one attached hydrogen (secondary N) is 1. The highest BCUT2D eigenvalue weighted by atomic mass is 16.5. The summed E-state index contributed by atoms with van der Waals surface area (Å²) >= 11 is 0. The van der Waals surface area contributed by atoms with E-state index >= 15 is 0 Å². The molecule has 104 valence electrons. The Labute approximate surface area is 114 Å². The van der Waals surface area contributed by atoms with Crippen molar-refractivity contribution in [2.75, 3.05) is 25.5 Å². The molecule has 2 rings (SSSR count). The van der Waals surface area contributed by atoms with Gasteiger partial charge < -0.3 is 15.8 Å². The van der Waals surface area contributed by atoms with Crippen LogP contribution in [0.4, 0.5) is 5.69 Å². The highest BCUT2D eigenvalue weighted by Gasteiger charge is 2.28. The van der Waals surface area contributed by atoms with Gasteiger partial charge in [-0.1, -0.05) is 18.6 Å². The van der Waals surface area contributed by atoms with Crippen molar-refractivity contribution in [1.82, 2.24) is 5.32 Å². The van der Waals surface area contributed by atoms with Crippen LogP contribution in [0.3, 0.4) is 0 Å². The number of carbonyl (C=O) groups excluding carboxylic acids is 1. The number of rotatable bonds is 3. The van der Waals surface area contributed by atoms with Gasteiger partial charge in [0.15, 0.2) is 0 Å². The lowest BCUT2D eigenvalue weighted by molar-refractivity contribution is 0.0238. The van der Waals surface area contributed by atoms with Gasteiger partial charge in [0.25, 0.3) is 5.91 Å². The Morgan fingerprint density at radius 3 is 2.79 bits per heavy atom. The van der Waals surface area contributed by atoms with Gasteiger partial charge in [0, 0.05) is 25.4 Å². The lowest BCUT2D eigenvalue weighted by atomic mass is 9.82. The number of ether oxygens (including phenoxy) is 1. The standard InChI is InChI=1S/C15H22N2O2/c1-11-3-4-13(16)12(9-11)14(18)17-10-15(2)5-7-19-8-6-15/h3-4,9H,5-8,10,16H2,1-2H3,(H,17,18). The topological polar surface area (TPSA) is 64.4 Å². The fourth-order valence-corrected chi connectivity index (χ4v) is 2.30. The van der Waals surface area contributed by atoms with E-state index in [-0.39, 0.29) is 11.3 Å². The minimum atomic E-state index is -0.0890. The third-order valence-corrected chi connectivity index (χ3v) is 3.83. The smallest absolute Gasteiger partial charge is 0.253 e. The Morgan fingerprint density at radius 2 is 2.11 bits per heavy atom. The van der Waals surface area contributed by atoms with E-state index in [1.54, 1.807) is 6.07 Å². The van der Waals surface area contributed by atoms with Crippen molar-refractivity contribution < 1.29 is 9.53 Å². The minimum Gasteiger partial charge on any atom is -0.398 e. The summed E-state index contributed by atoms with van der Waals surface area (Å²) in [6.07, 6.45) is 1.97. The van der Waals surface area contributed by atoms with Gasteiger partial charge in [0.2, 0.25) is 0 Å². The van der Waals surface area contributed by atoms with Crippen LogP contribution >= 0.6 is 0 Å². The highest BCUT2D eigenvalue weighted by Crippen LogP contribution is 2.28. The molecule has 0 unspecified atom stereocenters. The molecular weight excluding hydrogens is 240 g/mol. The molecule has 4 nitrogen and oxygen atoms in total. The summed E-state index contributed by atoms with van der Waals surface area (Å²) in [5.74, 6) is -0.0890. The summed E-state index contributed by atoms with van der Waals surface area (Å²) < 4.78 is 5.36. The number of anilines is 1. The number of nitrogens with two attached hydrogens (primary N) is 1. The number of aryl methyl sites for hydroxylation is 1. The van der Waals surface area contributed by atoms with Crippen LogP contribution in [0.15, 0.2) is 18.2 Å². The van der Waals surface area contributed by atoms with Crippen LogP contribution in [0.2, 0.25) is 0 Å². The molecule has 3 N–H and O–H groups in total. The Hall–Kier alpha value is -1.55. The first-order valence-corrected chi connectivity index (χ1v) is 6.72. The van der Waals surface area contributed by atoms with Gasteiger partial charge in [-0.15, -0.1) is 0 Å². The molecule has 0 radical (unpaired) electrons. The lowest BCUT2D eigenvalue weighted by Gasteiger charge is -2.33. The van der Waals surface area contributed by atoms with E-state index in [9.17, 15) is 4.79 Å². The summed E-state index contributed by atoms with van der Waals surface area (Å²) in [4.78, 5) is 12.2. The molecule has 1 saturated heterocycles. The van der Waals surface area contributed by atoms with Crippen LogP contribution in [-0.2, 0) is 4.74 Å². The average molecular weight is 262 g/mol. The zero-order chi connectivity index (χ0) is 13.9. The third kappa shape index (κ3) is 3.47. The van der Waals surface area contributed by atoms with Gasteiger partial charge in [-0.05, 0) is 37.3 Å². The molecule has 1 aromatic rings. The molecule has 1 aromatic carbocycles. The van der Waals surface area contributed by atoms with E-state index in [4.69, 9.17) is 10.5 Å². The number of nitrogen functional groups attached to an aromatic ring is 1. The predicted molar refractivity (Wildman–Crippen MR) is 76.1 cm³/mol. The number of hydrogen-bond acceptors (Lipinski definition) is 3. The molecule has 0 saturated carbocycles. The number of carbonyl (C=O) groups is 1. The van der Waals surface area contributed by atoms with Crippen LogP contribution in [0.1, 0.15) is 35.7 Å². The fourth-order valence-electron chi connectivity index (χ4n) is 2.30. The van der Waals surface area contributed by atoms with E-state index in [2.05, 4.69) is 12.2 Å². The van der Waals surface area contributed by atoms with E-state index in [0.29, 0.717) is 17.8 Å². The zero-order valence-corrected chi connectivity index (χ0v) is 11.7. The Balaban J connectivity index is 1.99. The second-order valence-corrected chi connectivity index (χ2v) is 5.70. The molecule has 1 fully saturated rings. The summed E-state index contributed by atoms with van der Waals surface area (Å²) in [6, 6.07) is 5.52. The molecule has 1 amide bonds. The molecule has 0 aliphatic carbocycles. The van der Waals surface area contributed by atoms with E-state index in [0.717, 1.165) is 31.6 Å². The Kier molecular flexibility index (Phi) is 4.10. The van der Waals surface area contributed by atoms with E-state index in [1.165, 1.54) is 0 Å². The van der Waals surface area contributed by atoms with Gasteiger partial charge >= 0.3 is 0 Å². The molecule has 0 aromatic heterocycles. The highest BCUT2D eigenvalue weighted by molar-refractivity contribution is 5.99. The van der Waals surface area contributed by atoms with Crippen LogP contribution in [-0.4, -0.2) is 25.7 Å². The first-order chi connectivity index (χ1) is 9.00. The average Bonchev–Trinajstić information content (AvgIpc) is 2.40. The number of hydrogen-bond donors (Lipinski definition) is 2. The second kappa shape index (κ2) is 5.61. The molecule has 19 heavy (non-hydrogen) atoms. The third-order valence-electron chi connectivity index (χ3n) is 3.83. The van der Waals surface area contributed by atoms with Crippen molar-refractivity contribution in [2.45, 2.75) is 26.7 Å². The van der Waals surface area contributed by atoms with Crippen LogP contribution in [0.5, 0.6) is 0 Å². The summed E-state index contributed by atoms with van der Waals surface area (Å²) in [7, 11) is 0. The summed E-state index contributed by atoms with van der Waals surface area (Å²) in [5, 5.41) is 3.00. The maximum atomic E-state index is 12.2. The van der Waals surface area contributed by atoms with Crippen LogP contribution < -0.4 is 11.1 Å². The van der Waals surface area contributed by atoms with Gasteiger partial charge in [-0.25, -0.2) is 0 Å². The molecule has 0 spiro atoms. The van der Waals surface area contributed by atoms with Crippen molar-refractivity contribution >= 4 is 11.6 Å². The van der Waals surface area contributed by atoms with Gasteiger partial charge in [-0.2, -0.15) is 0 Å². The zero-order valence-electron chi connectivity index (χ0n) is 11.7. The summed E-state index contributed by atoms with van der Waals surface area (Å²) in [5.41, 5.74) is 8.11. The fraction of sp³-hybridized carbons (Fsp3) is 0.533. The quantitative estimate of drug-likeness (QED) is 0.820. The molecule has 4 heteroatoms. The first-order valence-electron chi connectivity index (χ1n) is 6.72. The van der Waals surface area contributed by atoms with Crippen molar-refractivity contribution in [3.63, 3.8) is 0 Å². The Bertz CT molecular complexity index is 465. The molecular formula is C15H22N2O2. The maximum absolute atomic E-state index is 12.2. The van der Waals surface area contributed by atoms with E-state index in [1.807, 2.05) is 19.1 Å². The minimum absolute atomic E-state index is 0.0890.